The van der Waals surface area contributed by atoms with Crippen LogP contribution in [-0.4, -0.2) is 6.61 Å². The van der Waals surface area contributed by atoms with Crippen molar-refractivity contribution in [2.24, 2.45) is 0 Å². The van der Waals surface area contributed by atoms with Crippen LogP contribution in [0.3, 0.4) is 0 Å². The van der Waals surface area contributed by atoms with Crippen LogP contribution in [0.5, 0.6) is 5.75 Å². The molecule has 0 amide bonds. The highest BCUT2D eigenvalue weighted by molar-refractivity contribution is 14.1. The van der Waals surface area contributed by atoms with Gasteiger partial charge in [-0.05, 0) is 53.8 Å². The molecule has 0 heterocycles. The smallest absolute Gasteiger partial charge is 0.119 e. The second-order valence-corrected chi connectivity index (χ2v) is 3.72. The maximum Gasteiger partial charge on any atom is 0.119 e. The van der Waals surface area contributed by atoms with E-state index >= 15 is 0 Å². The van der Waals surface area contributed by atoms with Gasteiger partial charge in [-0.15, -0.1) is 11.8 Å². The van der Waals surface area contributed by atoms with Crippen molar-refractivity contribution >= 4 is 22.6 Å². The first-order chi connectivity index (χ1) is 6.33. The molecule has 1 rings (SSSR count). The normalized spacial score (nSPS) is 8.77. The van der Waals surface area contributed by atoms with E-state index in [1.54, 1.807) is 0 Å². The van der Waals surface area contributed by atoms with Crippen molar-refractivity contribution in [3.05, 3.63) is 27.8 Å². The Labute approximate surface area is 92.6 Å². The maximum atomic E-state index is 5.46. The van der Waals surface area contributed by atoms with Crippen molar-refractivity contribution in [2.45, 2.75) is 13.3 Å². The molecule has 0 bridgehead atoms. The van der Waals surface area contributed by atoms with Gasteiger partial charge in [-0.1, -0.05) is 0 Å². The van der Waals surface area contributed by atoms with Crippen molar-refractivity contribution in [1.29, 1.82) is 0 Å². The van der Waals surface area contributed by atoms with Crippen molar-refractivity contribution < 1.29 is 4.74 Å². The molecule has 68 valence electrons. The van der Waals surface area contributed by atoms with Crippen LogP contribution in [0.4, 0.5) is 0 Å². The number of halogens is 1. The number of benzene rings is 1. The largest absolute Gasteiger partial charge is 0.493 e. The van der Waals surface area contributed by atoms with Crippen LogP contribution in [0, 0.1) is 15.4 Å². The molecule has 0 saturated heterocycles. The van der Waals surface area contributed by atoms with E-state index in [-0.39, 0.29) is 0 Å². The molecule has 0 aliphatic rings. The summed E-state index contributed by atoms with van der Waals surface area (Å²) in [6.45, 7) is 2.51. The summed E-state index contributed by atoms with van der Waals surface area (Å²) >= 11 is 2.27. The summed E-state index contributed by atoms with van der Waals surface area (Å²) in [4.78, 5) is 0. The van der Waals surface area contributed by atoms with E-state index in [0.29, 0.717) is 6.61 Å². The molecule has 0 spiro atoms. The van der Waals surface area contributed by atoms with E-state index in [0.717, 1.165) is 12.2 Å². The zero-order valence-electron chi connectivity index (χ0n) is 7.51. The SMILES string of the molecule is CC#CCCOc1ccc(I)cc1. The standard InChI is InChI=1S/C11H11IO/c1-2-3-4-9-13-11-7-5-10(12)6-8-11/h5-8H,4,9H2,1H3. The van der Waals surface area contributed by atoms with E-state index in [1.165, 1.54) is 3.57 Å². The quantitative estimate of drug-likeness (QED) is 0.471. The Kier molecular flexibility index (Phi) is 4.69. The van der Waals surface area contributed by atoms with Gasteiger partial charge in [0.2, 0.25) is 0 Å². The van der Waals surface area contributed by atoms with Crippen LogP contribution < -0.4 is 4.74 Å². The van der Waals surface area contributed by atoms with Gasteiger partial charge >= 0.3 is 0 Å². The first-order valence-corrected chi connectivity index (χ1v) is 5.19. The minimum absolute atomic E-state index is 0.668. The van der Waals surface area contributed by atoms with Gasteiger partial charge in [-0.2, -0.15) is 0 Å². The summed E-state index contributed by atoms with van der Waals surface area (Å²) in [5.74, 6) is 6.70. The monoisotopic (exact) mass is 286 g/mol. The van der Waals surface area contributed by atoms with Crippen LogP contribution in [0.1, 0.15) is 13.3 Å². The van der Waals surface area contributed by atoms with Gasteiger partial charge in [-0.25, -0.2) is 0 Å². The Hall–Kier alpha value is -0.690. The second kappa shape index (κ2) is 5.87. The Morgan fingerprint density at radius 2 is 2.00 bits per heavy atom. The third-order valence-electron chi connectivity index (χ3n) is 1.49. The molecule has 0 unspecified atom stereocenters. The van der Waals surface area contributed by atoms with Gasteiger partial charge in [0.15, 0.2) is 0 Å². The molecule has 13 heavy (non-hydrogen) atoms. The predicted molar refractivity (Wildman–Crippen MR) is 62.7 cm³/mol. The van der Waals surface area contributed by atoms with Gasteiger partial charge in [0.1, 0.15) is 5.75 Å². The Balaban J connectivity index is 2.36. The maximum absolute atomic E-state index is 5.46. The fourth-order valence-corrected chi connectivity index (χ4v) is 1.24. The third-order valence-corrected chi connectivity index (χ3v) is 2.21. The molecule has 0 atom stereocenters. The average Bonchev–Trinajstić information content (AvgIpc) is 2.15. The van der Waals surface area contributed by atoms with Gasteiger partial charge in [0, 0.05) is 9.99 Å². The van der Waals surface area contributed by atoms with E-state index in [1.807, 2.05) is 31.2 Å². The molecule has 0 saturated carbocycles. The minimum Gasteiger partial charge on any atom is -0.493 e. The summed E-state index contributed by atoms with van der Waals surface area (Å²) < 4.78 is 6.68. The van der Waals surface area contributed by atoms with E-state index in [9.17, 15) is 0 Å². The molecule has 0 fully saturated rings. The van der Waals surface area contributed by atoms with Crippen molar-refractivity contribution in [3.63, 3.8) is 0 Å². The van der Waals surface area contributed by atoms with Crippen LogP contribution in [0.2, 0.25) is 0 Å². The molecule has 1 aromatic rings. The van der Waals surface area contributed by atoms with E-state index < -0.39 is 0 Å². The van der Waals surface area contributed by atoms with Crippen molar-refractivity contribution in [3.8, 4) is 17.6 Å². The lowest BCUT2D eigenvalue weighted by Gasteiger charge is -2.02. The topological polar surface area (TPSA) is 9.23 Å². The summed E-state index contributed by atoms with van der Waals surface area (Å²) in [6, 6.07) is 8.01. The highest BCUT2D eigenvalue weighted by Gasteiger charge is 1.91. The molecule has 1 nitrogen and oxygen atoms in total. The Morgan fingerprint density at radius 3 is 2.62 bits per heavy atom. The lowest BCUT2D eigenvalue weighted by Crippen LogP contribution is -1.95. The molecular weight excluding hydrogens is 275 g/mol. The molecule has 0 aliphatic carbocycles. The first-order valence-electron chi connectivity index (χ1n) is 4.11. The highest BCUT2D eigenvalue weighted by Crippen LogP contribution is 2.13. The third kappa shape index (κ3) is 4.18. The Bertz CT molecular complexity index is 305. The molecule has 0 aliphatic heterocycles. The number of ether oxygens (including phenoxy) is 1. The van der Waals surface area contributed by atoms with Gasteiger partial charge in [0.05, 0.1) is 6.61 Å². The zero-order chi connectivity index (χ0) is 9.52. The number of hydrogen-bond acceptors (Lipinski definition) is 1. The molecule has 1 aromatic carbocycles. The van der Waals surface area contributed by atoms with Crippen LogP contribution in [0.15, 0.2) is 24.3 Å². The fourth-order valence-electron chi connectivity index (χ4n) is 0.876. The van der Waals surface area contributed by atoms with Crippen LogP contribution in [0.25, 0.3) is 0 Å². The molecular formula is C11H11IO. The summed E-state index contributed by atoms with van der Waals surface area (Å²) in [5, 5.41) is 0. The minimum atomic E-state index is 0.668. The molecule has 2 heteroatoms. The average molecular weight is 286 g/mol. The summed E-state index contributed by atoms with van der Waals surface area (Å²) in [6.07, 6.45) is 0.794. The zero-order valence-corrected chi connectivity index (χ0v) is 9.67. The summed E-state index contributed by atoms with van der Waals surface area (Å²) in [7, 11) is 0. The number of rotatable bonds is 3. The first kappa shape index (κ1) is 10.4. The Morgan fingerprint density at radius 1 is 1.31 bits per heavy atom. The van der Waals surface area contributed by atoms with Crippen molar-refractivity contribution in [2.75, 3.05) is 6.61 Å². The van der Waals surface area contributed by atoms with Crippen molar-refractivity contribution in [1.82, 2.24) is 0 Å². The number of hydrogen-bond donors (Lipinski definition) is 0. The predicted octanol–water partition coefficient (Wildman–Crippen LogP) is 3.08. The lowest BCUT2D eigenvalue weighted by atomic mass is 10.3. The fraction of sp³-hybridized carbons (Fsp3) is 0.273. The van der Waals surface area contributed by atoms with Gasteiger partial charge in [0.25, 0.3) is 0 Å². The lowest BCUT2D eigenvalue weighted by molar-refractivity contribution is 0.327. The molecule has 0 radical (unpaired) electrons. The van der Waals surface area contributed by atoms with E-state index in [4.69, 9.17) is 4.74 Å². The highest BCUT2D eigenvalue weighted by atomic mass is 127. The van der Waals surface area contributed by atoms with Crippen LogP contribution >= 0.6 is 22.6 Å². The van der Waals surface area contributed by atoms with Gasteiger partial charge < -0.3 is 4.74 Å². The van der Waals surface area contributed by atoms with Crippen LogP contribution in [-0.2, 0) is 0 Å². The summed E-state index contributed by atoms with van der Waals surface area (Å²) in [5.41, 5.74) is 0. The second-order valence-electron chi connectivity index (χ2n) is 2.48. The van der Waals surface area contributed by atoms with Gasteiger partial charge in [-0.3, -0.25) is 0 Å². The molecule has 0 aromatic heterocycles. The molecule has 0 N–H and O–H groups in total. The van der Waals surface area contributed by atoms with E-state index in [2.05, 4.69) is 34.4 Å².